The molecule has 0 unspecified atom stereocenters. The van der Waals surface area contributed by atoms with Crippen molar-refractivity contribution in [2.24, 2.45) is 0 Å². The second-order valence-electron chi connectivity index (χ2n) is 5.44. The van der Waals surface area contributed by atoms with Gasteiger partial charge in [-0.25, -0.2) is 0 Å². The Morgan fingerprint density at radius 1 is 1.23 bits per heavy atom. The average molecular weight is 423 g/mol. The van der Waals surface area contributed by atoms with Crippen LogP contribution in [0.5, 0.6) is 11.5 Å². The fourth-order valence-electron chi connectivity index (χ4n) is 2.23. The lowest BCUT2D eigenvalue weighted by Crippen LogP contribution is -2.15. The minimum atomic E-state index is -0.534. The van der Waals surface area contributed by atoms with Crippen molar-refractivity contribution in [2.75, 3.05) is 19.0 Å². The van der Waals surface area contributed by atoms with E-state index in [9.17, 15) is 14.9 Å². The molecule has 0 bridgehead atoms. The summed E-state index contributed by atoms with van der Waals surface area (Å²) in [5.74, 6) is 0.326. The van der Waals surface area contributed by atoms with E-state index in [1.807, 2.05) is 6.92 Å². The molecule has 0 aliphatic rings. The van der Waals surface area contributed by atoms with Crippen molar-refractivity contribution in [2.45, 2.75) is 19.8 Å². The van der Waals surface area contributed by atoms with Gasteiger partial charge in [0.1, 0.15) is 11.5 Å². The molecule has 2 rings (SSSR count). The van der Waals surface area contributed by atoms with E-state index in [1.54, 1.807) is 18.2 Å². The van der Waals surface area contributed by atoms with Gasteiger partial charge in [-0.1, -0.05) is 29.3 Å². The van der Waals surface area contributed by atoms with E-state index in [0.29, 0.717) is 23.7 Å². The molecule has 26 heavy (non-hydrogen) atoms. The topological polar surface area (TPSA) is 90.7 Å². The van der Waals surface area contributed by atoms with Crippen LogP contribution in [0.25, 0.3) is 0 Å². The third kappa shape index (κ3) is 4.95. The number of hydrogen-bond donors (Lipinski definition) is 1. The van der Waals surface area contributed by atoms with Crippen LogP contribution in [-0.4, -0.2) is 24.5 Å². The number of ether oxygens (including phenoxy) is 2. The van der Waals surface area contributed by atoms with Crippen molar-refractivity contribution < 1.29 is 19.2 Å². The second-order valence-corrected chi connectivity index (χ2v) is 6.35. The molecule has 0 atom stereocenters. The van der Waals surface area contributed by atoms with Crippen LogP contribution in [0.1, 0.15) is 30.1 Å². The summed E-state index contributed by atoms with van der Waals surface area (Å²) in [5, 5.41) is 13.6. The molecular formula is C18H19BrN2O5. The highest BCUT2D eigenvalue weighted by Crippen LogP contribution is 2.31. The lowest BCUT2D eigenvalue weighted by atomic mass is 10.1. The number of non-ortho nitro benzene ring substituents is 1. The third-order valence-corrected chi connectivity index (χ3v) is 4.08. The number of methoxy groups -OCH3 is 1. The van der Waals surface area contributed by atoms with Gasteiger partial charge in [0.25, 0.3) is 11.6 Å². The van der Waals surface area contributed by atoms with Gasteiger partial charge in [-0.05, 0) is 30.7 Å². The molecule has 0 fully saturated rings. The van der Waals surface area contributed by atoms with Crippen LogP contribution >= 0.6 is 15.9 Å². The van der Waals surface area contributed by atoms with Gasteiger partial charge in [0.2, 0.25) is 0 Å². The van der Waals surface area contributed by atoms with Crippen molar-refractivity contribution in [3.05, 3.63) is 56.5 Å². The molecule has 1 N–H and O–H groups in total. The molecule has 7 nitrogen and oxygen atoms in total. The molecule has 0 saturated carbocycles. The van der Waals surface area contributed by atoms with Crippen LogP contribution in [0.4, 0.5) is 11.4 Å². The minimum Gasteiger partial charge on any atom is -0.495 e. The lowest BCUT2D eigenvalue weighted by molar-refractivity contribution is -0.384. The molecule has 138 valence electrons. The fourth-order valence-corrected chi connectivity index (χ4v) is 2.59. The molecule has 2 aromatic rings. The maximum Gasteiger partial charge on any atom is 0.271 e. The highest BCUT2D eigenvalue weighted by atomic mass is 79.9. The number of benzene rings is 2. The Hall–Kier alpha value is -2.61. The van der Waals surface area contributed by atoms with Crippen LogP contribution in [0.15, 0.2) is 40.9 Å². The zero-order valence-electron chi connectivity index (χ0n) is 14.5. The Kier molecular flexibility index (Phi) is 6.97. The summed E-state index contributed by atoms with van der Waals surface area (Å²) in [6.45, 7) is 2.55. The van der Waals surface area contributed by atoms with Crippen LogP contribution in [-0.2, 0) is 0 Å². The monoisotopic (exact) mass is 422 g/mol. The summed E-state index contributed by atoms with van der Waals surface area (Å²) in [6, 6.07) is 9.14. The molecule has 1 amide bonds. The summed E-state index contributed by atoms with van der Waals surface area (Å²) in [7, 11) is 1.43. The summed E-state index contributed by atoms with van der Waals surface area (Å²) >= 11 is 3.34. The number of carbonyl (C=O) groups excluding carboxylic acids is 1. The van der Waals surface area contributed by atoms with Crippen molar-refractivity contribution in [1.29, 1.82) is 0 Å². The largest absolute Gasteiger partial charge is 0.495 e. The molecule has 0 saturated heterocycles. The number of nitro groups is 1. The van der Waals surface area contributed by atoms with E-state index >= 15 is 0 Å². The highest BCUT2D eigenvalue weighted by molar-refractivity contribution is 9.10. The van der Waals surface area contributed by atoms with Gasteiger partial charge < -0.3 is 14.8 Å². The maximum absolute atomic E-state index is 12.7. The number of halogens is 1. The molecule has 0 aliphatic heterocycles. The first kappa shape index (κ1) is 19.7. The highest BCUT2D eigenvalue weighted by Gasteiger charge is 2.18. The zero-order valence-corrected chi connectivity index (χ0v) is 16.0. The van der Waals surface area contributed by atoms with Crippen LogP contribution in [0.3, 0.4) is 0 Å². The van der Waals surface area contributed by atoms with E-state index in [2.05, 4.69) is 21.2 Å². The van der Waals surface area contributed by atoms with Crippen molar-refractivity contribution >= 4 is 33.2 Å². The molecule has 0 aromatic heterocycles. The maximum atomic E-state index is 12.7. The van der Waals surface area contributed by atoms with E-state index in [4.69, 9.17) is 9.47 Å². The number of nitro benzene ring substituents is 1. The molecule has 0 spiro atoms. The summed E-state index contributed by atoms with van der Waals surface area (Å²) in [5.41, 5.74) is 0.394. The van der Waals surface area contributed by atoms with Gasteiger partial charge in [0, 0.05) is 16.6 Å². The third-order valence-electron chi connectivity index (χ3n) is 3.58. The predicted molar refractivity (Wildman–Crippen MR) is 102 cm³/mol. The number of nitrogens with one attached hydrogen (secondary N) is 1. The number of carbonyl (C=O) groups is 1. The minimum absolute atomic E-state index is 0.144. The quantitative estimate of drug-likeness (QED) is 0.374. The van der Waals surface area contributed by atoms with E-state index in [0.717, 1.165) is 17.3 Å². The Morgan fingerprint density at radius 3 is 2.62 bits per heavy atom. The molecule has 2 aromatic carbocycles. The molecule has 0 radical (unpaired) electrons. The van der Waals surface area contributed by atoms with E-state index < -0.39 is 10.8 Å². The summed E-state index contributed by atoms with van der Waals surface area (Å²) in [6.07, 6.45) is 1.85. The smallest absolute Gasteiger partial charge is 0.271 e. The molecule has 0 aliphatic carbocycles. The average Bonchev–Trinajstić information content (AvgIpc) is 2.62. The van der Waals surface area contributed by atoms with Gasteiger partial charge in [-0.2, -0.15) is 0 Å². The Morgan fingerprint density at radius 2 is 1.96 bits per heavy atom. The normalized spacial score (nSPS) is 10.3. The van der Waals surface area contributed by atoms with E-state index in [1.165, 1.54) is 25.3 Å². The standard InChI is InChI=1S/C18H19BrN2O5/c1-3-4-9-26-16-7-5-12(19)10-14(16)18(22)20-15-11-13(21(23)24)6-8-17(15)25-2/h5-8,10-11H,3-4,9H2,1-2H3,(H,20,22). The second kappa shape index (κ2) is 9.19. The lowest BCUT2D eigenvalue weighted by Gasteiger charge is -2.13. The molecule has 0 heterocycles. The number of rotatable bonds is 8. The fraction of sp³-hybridized carbons (Fsp3) is 0.278. The van der Waals surface area contributed by atoms with Crippen molar-refractivity contribution in [3.8, 4) is 11.5 Å². The van der Waals surface area contributed by atoms with Crippen molar-refractivity contribution in [3.63, 3.8) is 0 Å². The van der Waals surface area contributed by atoms with Gasteiger partial charge in [-0.3, -0.25) is 14.9 Å². The van der Waals surface area contributed by atoms with Gasteiger partial charge in [-0.15, -0.1) is 0 Å². The van der Waals surface area contributed by atoms with Gasteiger partial charge in [0.15, 0.2) is 0 Å². The Bertz CT molecular complexity index is 810. The van der Waals surface area contributed by atoms with Crippen LogP contribution in [0.2, 0.25) is 0 Å². The summed E-state index contributed by atoms with van der Waals surface area (Å²) in [4.78, 5) is 23.2. The SMILES string of the molecule is CCCCOc1ccc(Br)cc1C(=O)Nc1cc([N+](=O)[O-])ccc1OC. The number of anilines is 1. The Labute approximate surface area is 159 Å². The summed E-state index contributed by atoms with van der Waals surface area (Å²) < 4.78 is 11.6. The molecular weight excluding hydrogens is 404 g/mol. The van der Waals surface area contributed by atoms with E-state index in [-0.39, 0.29) is 11.4 Å². The first-order valence-electron chi connectivity index (χ1n) is 8.02. The number of amides is 1. The van der Waals surface area contributed by atoms with Crippen LogP contribution in [0, 0.1) is 10.1 Å². The number of nitrogens with zero attached hydrogens (tertiary/aromatic N) is 1. The number of hydrogen-bond acceptors (Lipinski definition) is 5. The van der Waals surface area contributed by atoms with Crippen LogP contribution < -0.4 is 14.8 Å². The Balaban J connectivity index is 2.31. The predicted octanol–water partition coefficient (Wildman–Crippen LogP) is 4.80. The van der Waals surface area contributed by atoms with Gasteiger partial charge in [0.05, 0.1) is 29.9 Å². The first-order valence-corrected chi connectivity index (χ1v) is 8.81. The first-order chi connectivity index (χ1) is 12.5. The number of unbranched alkanes of at least 4 members (excludes halogenated alkanes) is 1. The zero-order chi connectivity index (χ0) is 19.1. The van der Waals surface area contributed by atoms with Crippen molar-refractivity contribution in [1.82, 2.24) is 0 Å². The van der Waals surface area contributed by atoms with Gasteiger partial charge >= 0.3 is 0 Å². The molecule has 8 heteroatoms.